The molecule has 5 aromatic rings. The Kier molecular flexibility index (Phi) is 4.52. The Hall–Kier alpha value is -3.57. The molecule has 0 unspecified atom stereocenters. The van der Waals surface area contributed by atoms with Gasteiger partial charge in [-0.1, -0.05) is 64.9 Å². The zero-order valence-electron chi connectivity index (χ0n) is 16.6. The van der Waals surface area contributed by atoms with Crippen molar-refractivity contribution in [2.24, 2.45) is 0 Å². The monoisotopic (exact) mass is 409 g/mol. The van der Waals surface area contributed by atoms with Gasteiger partial charge in [-0.05, 0) is 44.2 Å². The molecule has 0 radical (unpaired) electrons. The van der Waals surface area contributed by atoms with Crippen molar-refractivity contribution in [1.29, 1.82) is 0 Å². The third-order valence-electron chi connectivity index (χ3n) is 5.07. The predicted molar refractivity (Wildman–Crippen MR) is 124 cm³/mol. The zero-order valence-corrected chi connectivity index (χ0v) is 17.5. The summed E-state index contributed by atoms with van der Waals surface area (Å²) < 4.78 is 1.04. The number of fused-ring (bicyclic) bond motifs is 2. The average molecular weight is 410 g/mol. The Morgan fingerprint density at radius 2 is 1.60 bits per heavy atom. The summed E-state index contributed by atoms with van der Waals surface area (Å²) in [7, 11) is 0. The van der Waals surface area contributed by atoms with Crippen LogP contribution < -0.4 is 5.32 Å². The first-order valence-electron chi connectivity index (χ1n) is 9.72. The van der Waals surface area contributed by atoms with Crippen LogP contribution in [-0.2, 0) is 0 Å². The zero-order chi connectivity index (χ0) is 20.7. The molecule has 146 valence electrons. The van der Waals surface area contributed by atoms with E-state index in [1.807, 2.05) is 67.6 Å². The van der Waals surface area contributed by atoms with Crippen LogP contribution in [0.4, 0.5) is 5.13 Å². The molecule has 1 N–H and O–H groups in total. The fourth-order valence-corrected chi connectivity index (χ4v) is 4.35. The molecule has 0 saturated heterocycles. The van der Waals surface area contributed by atoms with Crippen LogP contribution in [0.25, 0.3) is 32.4 Å². The van der Waals surface area contributed by atoms with Gasteiger partial charge in [0.05, 0.1) is 27.0 Å². The molecular weight excluding hydrogens is 390 g/mol. The van der Waals surface area contributed by atoms with E-state index < -0.39 is 0 Å². The highest BCUT2D eigenvalue weighted by molar-refractivity contribution is 7.22. The molecule has 0 aliphatic carbocycles. The number of hydrogen-bond acceptors (Lipinski definition) is 4. The van der Waals surface area contributed by atoms with Crippen molar-refractivity contribution in [3.05, 3.63) is 89.5 Å². The molecular formula is C25H19N3OS. The number of para-hydroxylation sites is 1. The SMILES string of the molecule is Cc1ccc(-c2cc(C(=O)Nc3nc4ccccc4s3)c3cc(C)ccc3n2)cc1. The summed E-state index contributed by atoms with van der Waals surface area (Å²) in [6.07, 6.45) is 0. The fourth-order valence-electron chi connectivity index (χ4n) is 3.49. The van der Waals surface area contributed by atoms with Gasteiger partial charge in [0.1, 0.15) is 0 Å². The van der Waals surface area contributed by atoms with Gasteiger partial charge < -0.3 is 0 Å². The average Bonchev–Trinajstić information content (AvgIpc) is 3.15. The number of anilines is 1. The van der Waals surface area contributed by atoms with Crippen molar-refractivity contribution in [2.75, 3.05) is 5.32 Å². The van der Waals surface area contributed by atoms with Crippen LogP contribution in [0, 0.1) is 13.8 Å². The molecule has 2 aromatic heterocycles. The minimum Gasteiger partial charge on any atom is -0.298 e. The second-order valence-electron chi connectivity index (χ2n) is 7.38. The highest BCUT2D eigenvalue weighted by atomic mass is 32.1. The van der Waals surface area contributed by atoms with Gasteiger partial charge in [-0.2, -0.15) is 0 Å². The van der Waals surface area contributed by atoms with Gasteiger partial charge in [0.15, 0.2) is 5.13 Å². The van der Waals surface area contributed by atoms with Gasteiger partial charge >= 0.3 is 0 Å². The van der Waals surface area contributed by atoms with Crippen LogP contribution >= 0.6 is 11.3 Å². The van der Waals surface area contributed by atoms with Crippen molar-refractivity contribution in [2.45, 2.75) is 13.8 Å². The number of nitrogens with one attached hydrogen (secondary N) is 1. The van der Waals surface area contributed by atoms with E-state index in [-0.39, 0.29) is 5.91 Å². The molecule has 0 saturated carbocycles. The first kappa shape index (κ1) is 18.5. The number of rotatable bonds is 3. The quantitative estimate of drug-likeness (QED) is 0.376. The van der Waals surface area contributed by atoms with Crippen molar-refractivity contribution >= 4 is 43.5 Å². The van der Waals surface area contributed by atoms with E-state index in [0.717, 1.165) is 37.9 Å². The van der Waals surface area contributed by atoms with E-state index >= 15 is 0 Å². The molecule has 1 amide bonds. The number of pyridine rings is 1. The molecule has 0 aliphatic rings. The van der Waals surface area contributed by atoms with E-state index in [0.29, 0.717) is 10.7 Å². The number of aromatic nitrogens is 2. The van der Waals surface area contributed by atoms with E-state index in [2.05, 4.69) is 29.4 Å². The minimum absolute atomic E-state index is 0.180. The lowest BCUT2D eigenvalue weighted by molar-refractivity contribution is 0.102. The lowest BCUT2D eigenvalue weighted by Crippen LogP contribution is -2.13. The van der Waals surface area contributed by atoms with Crippen LogP contribution in [0.1, 0.15) is 21.5 Å². The molecule has 0 atom stereocenters. The number of carbonyl (C=O) groups is 1. The Bertz CT molecular complexity index is 1370. The molecule has 2 heterocycles. The van der Waals surface area contributed by atoms with Crippen molar-refractivity contribution in [3.63, 3.8) is 0 Å². The standard InChI is InChI=1S/C25H19N3OS/c1-15-7-10-17(11-8-15)22-14-19(18-13-16(2)9-12-20(18)26-22)24(29)28-25-27-21-5-3-4-6-23(21)30-25/h3-14H,1-2H3,(H,27,28,29). The number of nitrogens with zero attached hydrogens (tertiary/aromatic N) is 2. The van der Waals surface area contributed by atoms with Crippen molar-refractivity contribution < 1.29 is 4.79 Å². The summed E-state index contributed by atoms with van der Waals surface area (Å²) in [5.74, 6) is -0.180. The van der Waals surface area contributed by atoms with Crippen molar-refractivity contribution in [1.82, 2.24) is 9.97 Å². The molecule has 0 bridgehead atoms. The number of thiazole rings is 1. The fraction of sp³-hybridized carbons (Fsp3) is 0.0800. The molecule has 3 aromatic carbocycles. The van der Waals surface area contributed by atoms with Crippen LogP contribution in [-0.4, -0.2) is 15.9 Å². The van der Waals surface area contributed by atoms with E-state index in [4.69, 9.17) is 4.98 Å². The lowest BCUT2D eigenvalue weighted by Gasteiger charge is -2.10. The second kappa shape index (κ2) is 7.35. The smallest absolute Gasteiger partial charge is 0.258 e. The third kappa shape index (κ3) is 3.44. The molecule has 4 nitrogen and oxygen atoms in total. The van der Waals surface area contributed by atoms with Gasteiger partial charge in [-0.25, -0.2) is 9.97 Å². The Labute approximate surface area is 178 Å². The molecule has 5 rings (SSSR count). The molecule has 0 spiro atoms. The number of amides is 1. The summed E-state index contributed by atoms with van der Waals surface area (Å²) in [5.41, 5.74) is 6.31. The minimum atomic E-state index is -0.180. The summed E-state index contributed by atoms with van der Waals surface area (Å²) >= 11 is 1.47. The van der Waals surface area contributed by atoms with Gasteiger partial charge in [-0.3, -0.25) is 10.1 Å². The predicted octanol–water partition coefficient (Wildman–Crippen LogP) is 6.38. The molecule has 0 fully saturated rings. The van der Waals surface area contributed by atoms with E-state index in [1.165, 1.54) is 16.9 Å². The van der Waals surface area contributed by atoms with E-state index in [1.54, 1.807) is 0 Å². The Morgan fingerprint density at radius 3 is 2.40 bits per heavy atom. The molecule has 0 aliphatic heterocycles. The Balaban J connectivity index is 1.61. The largest absolute Gasteiger partial charge is 0.298 e. The highest BCUT2D eigenvalue weighted by Crippen LogP contribution is 2.29. The molecule has 5 heteroatoms. The molecule has 30 heavy (non-hydrogen) atoms. The normalized spacial score (nSPS) is 11.1. The van der Waals surface area contributed by atoms with Crippen molar-refractivity contribution in [3.8, 4) is 11.3 Å². The van der Waals surface area contributed by atoms with Crippen LogP contribution in [0.5, 0.6) is 0 Å². The van der Waals surface area contributed by atoms with Crippen LogP contribution in [0.2, 0.25) is 0 Å². The topological polar surface area (TPSA) is 54.9 Å². The van der Waals surface area contributed by atoms with Gasteiger partial charge in [0.25, 0.3) is 5.91 Å². The highest BCUT2D eigenvalue weighted by Gasteiger charge is 2.16. The first-order valence-corrected chi connectivity index (χ1v) is 10.5. The van der Waals surface area contributed by atoms with Gasteiger partial charge in [-0.15, -0.1) is 0 Å². The first-order chi connectivity index (χ1) is 14.6. The number of hydrogen-bond donors (Lipinski definition) is 1. The van der Waals surface area contributed by atoms with Crippen LogP contribution in [0.3, 0.4) is 0 Å². The second-order valence-corrected chi connectivity index (χ2v) is 8.41. The lowest BCUT2D eigenvalue weighted by atomic mass is 10.0. The number of carbonyl (C=O) groups excluding carboxylic acids is 1. The van der Waals surface area contributed by atoms with Gasteiger partial charge in [0.2, 0.25) is 0 Å². The summed E-state index contributed by atoms with van der Waals surface area (Å²) in [5, 5.41) is 4.42. The van der Waals surface area contributed by atoms with Crippen LogP contribution in [0.15, 0.2) is 72.8 Å². The maximum atomic E-state index is 13.3. The number of aryl methyl sites for hydroxylation is 2. The van der Waals surface area contributed by atoms with Gasteiger partial charge in [0, 0.05) is 10.9 Å². The third-order valence-corrected chi connectivity index (χ3v) is 6.02. The summed E-state index contributed by atoms with van der Waals surface area (Å²) in [4.78, 5) is 22.6. The van der Waals surface area contributed by atoms with E-state index in [9.17, 15) is 4.79 Å². The Morgan fingerprint density at radius 1 is 0.833 bits per heavy atom. The maximum Gasteiger partial charge on any atom is 0.258 e. The maximum absolute atomic E-state index is 13.3. The summed E-state index contributed by atoms with van der Waals surface area (Å²) in [6.45, 7) is 4.07. The number of benzene rings is 3. The summed E-state index contributed by atoms with van der Waals surface area (Å²) in [6, 6.07) is 23.9.